The van der Waals surface area contributed by atoms with E-state index in [2.05, 4.69) is 0 Å². The third kappa shape index (κ3) is 1.84. The second-order valence-corrected chi connectivity index (χ2v) is 7.40. The van der Waals surface area contributed by atoms with Crippen LogP contribution in [0, 0.1) is 12.8 Å². The molecule has 1 aromatic carbocycles. The molecular weight excluding hydrogens is 244 g/mol. The fraction of sp³-hybridized carbons (Fsp3) is 0.600. The van der Waals surface area contributed by atoms with Gasteiger partial charge in [-0.2, -0.15) is 0 Å². The first-order chi connectivity index (χ1) is 8.61. The van der Waals surface area contributed by atoms with Crippen molar-refractivity contribution >= 4 is 10.8 Å². The van der Waals surface area contributed by atoms with Gasteiger partial charge >= 0.3 is 0 Å². The highest BCUT2D eigenvalue weighted by Crippen LogP contribution is 2.51. The predicted molar refractivity (Wildman–Crippen MR) is 72.9 cm³/mol. The lowest BCUT2D eigenvalue weighted by Crippen LogP contribution is -2.62. The Morgan fingerprint density at radius 2 is 2.00 bits per heavy atom. The highest BCUT2D eigenvalue weighted by Gasteiger charge is 2.57. The van der Waals surface area contributed by atoms with Gasteiger partial charge in [0.2, 0.25) is 0 Å². The van der Waals surface area contributed by atoms with Crippen LogP contribution in [0.25, 0.3) is 0 Å². The van der Waals surface area contributed by atoms with Crippen LogP contribution in [0.1, 0.15) is 37.7 Å². The maximum atomic E-state index is 12.5. The molecule has 0 saturated heterocycles. The van der Waals surface area contributed by atoms with Gasteiger partial charge < -0.3 is 5.11 Å². The normalized spacial score (nSPS) is 36.6. The molecular formula is C15H20O2S. The Labute approximate surface area is 111 Å². The molecule has 2 aliphatic rings. The van der Waals surface area contributed by atoms with Crippen molar-refractivity contribution in [3.63, 3.8) is 0 Å². The number of benzene rings is 1. The maximum absolute atomic E-state index is 12.5. The summed E-state index contributed by atoms with van der Waals surface area (Å²) in [6.07, 6.45) is 5.17. The summed E-state index contributed by atoms with van der Waals surface area (Å²) in [5.41, 5.74) is 0.534. The van der Waals surface area contributed by atoms with Crippen LogP contribution in [0.2, 0.25) is 0 Å². The van der Waals surface area contributed by atoms with Gasteiger partial charge in [0.15, 0.2) is 0 Å². The van der Waals surface area contributed by atoms with Crippen molar-refractivity contribution < 1.29 is 9.32 Å². The molecule has 1 N–H and O–H groups in total. The van der Waals surface area contributed by atoms with Crippen molar-refractivity contribution in [1.29, 1.82) is 0 Å². The van der Waals surface area contributed by atoms with Gasteiger partial charge in [0.05, 0.1) is 21.7 Å². The Kier molecular flexibility index (Phi) is 3.07. The molecule has 3 rings (SSSR count). The van der Waals surface area contributed by atoms with E-state index in [1.165, 1.54) is 12.0 Å². The number of hydrogen-bond acceptors (Lipinski definition) is 2. The molecule has 2 fully saturated rings. The molecule has 0 spiro atoms. The molecule has 2 aliphatic carbocycles. The van der Waals surface area contributed by atoms with Crippen molar-refractivity contribution in [3.05, 3.63) is 29.8 Å². The largest absolute Gasteiger partial charge is 0.388 e. The van der Waals surface area contributed by atoms with Gasteiger partial charge in [-0.15, -0.1) is 0 Å². The lowest BCUT2D eigenvalue weighted by Gasteiger charge is -2.54. The Balaban J connectivity index is 1.80. The summed E-state index contributed by atoms with van der Waals surface area (Å²) in [5.74, 6) is 0.394. The molecule has 98 valence electrons. The summed E-state index contributed by atoms with van der Waals surface area (Å²) in [6, 6.07) is 7.86. The highest BCUT2D eigenvalue weighted by atomic mass is 32.2. The van der Waals surface area contributed by atoms with E-state index < -0.39 is 16.4 Å². The molecule has 0 bridgehead atoms. The monoisotopic (exact) mass is 264 g/mol. The highest BCUT2D eigenvalue weighted by molar-refractivity contribution is 7.85. The van der Waals surface area contributed by atoms with E-state index in [1.54, 1.807) is 0 Å². The van der Waals surface area contributed by atoms with E-state index in [9.17, 15) is 9.32 Å². The molecule has 2 saturated carbocycles. The number of hydrogen-bond donors (Lipinski definition) is 1. The van der Waals surface area contributed by atoms with Crippen LogP contribution in [0.4, 0.5) is 0 Å². The fourth-order valence-corrected chi connectivity index (χ4v) is 5.23. The van der Waals surface area contributed by atoms with Crippen molar-refractivity contribution in [2.24, 2.45) is 5.92 Å². The zero-order valence-corrected chi connectivity index (χ0v) is 11.6. The van der Waals surface area contributed by atoms with Crippen molar-refractivity contribution in [2.45, 2.75) is 54.8 Å². The van der Waals surface area contributed by atoms with Gasteiger partial charge in [-0.3, -0.25) is 4.21 Å². The molecule has 3 heteroatoms. The van der Waals surface area contributed by atoms with E-state index in [4.69, 9.17) is 0 Å². The molecule has 1 aromatic rings. The topological polar surface area (TPSA) is 37.3 Å². The molecule has 0 aromatic heterocycles. The third-order valence-corrected chi connectivity index (χ3v) is 6.51. The molecule has 0 amide bonds. The first-order valence-electron chi connectivity index (χ1n) is 6.81. The summed E-state index contributed by atoms with van der Waals surface area (Å²) < 4.78 is 12.5. The smallest absolute Gasteiger partial charge is 0.0822 e. The van der Waals surface area contributed by atoms with Crippen molar-refractivity contribution in [2.75, 3.05) is 0 Å². The van der Waals surface area contributed by atoms with Crippen LogP contribution in [-0.4, -0.2) is 20.2 Å². The fourth-order valence-electron chi connectivity index (χ4n) is 3.41. The average Bonchev–Trinajstić information content (AvgIpc) is 2.35. The SMILES string of the molecule is Cc1ccc(S(=O)[C@@H]2C[C@@H]3CCCC[C@@]32O)cc1. The van der Waals surface area contributed by atoms with Crippen LogP contribution in [0.3, 0.4) is 0 Å². The van der Waals surface area contributed by atoms with E-state index in [0.717, 1.165) is 30.6 Å². The van der Waals surface area contributed by atoms with E-state index >= 15 is 0 Å². The quantitative estimate of drug-likeness (QED) is 0.892. The molecule has 0 radical (unpaired) electrons. The Morgan fingerprint density at radius 3 is 2.67 bits per heavy atom. The number of aryl methyl sites for hydroxylation is 1. The second-order valence-electron chi connectivity index (χ2n) is 5.77. The Morgan fingerprint density at radius 1 is 1.28 bits per heavy atom. The Hall–Kier alpha value is -0.670. The maximum Gasteiger partial charge on any atom is 0.0822 e. The lowest BCUT2D eigenvalue weighted by atomic mass is 9.61. The minimum absolute atomic E-state index is 0.0505. The van der Waals surface area contributed by atoms with E-state index in [0.29, 0.717) is 5.92 Å². The average molecular weight is 264 g/mol. The summed E-state index contributed by atoms with van der Waals surface area (Å²) in [6.45, 7) is 2.03. The molecule has 2 nitrogen and oxygen atoms in total. The summed E-state index contributed by atoms with van der Waals surface area (Å²) in [5, 5.41) is 10.6. The van der Waals surface area contributed by atoms with Crippen molar-refractivity contribution in [1.82, 2.24) is 0 Å². The molecule has 0 heterocycles. The van der Waals surface area contributed by atoms with Gasteiger partial charge in [0.25, 0.3) is 0 Å². The predicted octanol–water partition coefficient (Wildman–Crippen LogP) is 2.80. The van der Waals surface area contributed by atoms with E-state index in [-0.39, 0.29) is 5.25 Å². The van der Waals surface area contributed by atoms with Gasteiger partial charge in [0.1, 0.15) is 0 Å². The van der Waals surface area contributed by atoms with Crippen LogP contribution in [0.5, 0.6) is 0 Å². The summed E-state index contributed by atoms with van der Waals surface area (Å²) in [7, 11) is -1.06. The zero-order valence-electron chi connectivity index (χ0n) is 10.8. The minimum atomic E-state index is -1.06. The standard InChI is InChI=1S/C15H20O2S/c1-11-5-7-13(8-6-11)18(17)14-10-12-4-2-3-9-15(12,14)16/h5-8,12,14,16H,2-4,9-10H2,1H3/t12-,14+,15+,18?/m0/s1. The van der Waals surface area contributed by atoms with Gasteiger partial charge in [-0.05, 0) is 44.2 Å². The Bertz CT molecular complexity index is 468. The molecule has 0 aliphatic heterocycles. The number of rotatable bonds is 2. The number of aliphatic hydroxyl groups is 1. The third-order valence-electron chi connectivity index (χ3n) is 4.65. The molecule has 1 unspecified atom stereocenters. The number of fused-ring (bicyclic) bond motifs is 1. The van der Waals surface area contributed by atoms with Crippen molar-refractivity contribution in [3.8, 4) is 0 Å². The first-order valence-corrected chi connectivity index (χ1v) is 8.02. The minimum Gasteiger partial charge on any atom is -0.388 e. The van der Waals surface area contributed by atoms with Crippen LogP contribution in [-0.2, 0) is 10.8 Å². The van der Waals surface area contributed by atoms with Gasteiger partial charge in [0, 0.05) is 4.90 Å². The van der Waals surface area contributed by atoms with Gasteiger partial charge in [-0.25, -0.2) is 0 Å². The van der Waals surface area contributed by atoms with Crippen LogP contribution in [0.15, 0.2) is 29.2 Å². The second kappa shape index (κ2) is 4.46. The van der Waals surface area contributed by atoms with Gasteiger partial charge in [-0.1, -0.05) is 30.5 Å². The van der Waals surface area contributed by atoms with Crippen LogP contribution < -0.4 is 0 Å². The molecule has 4 atom stereocenters. The van der Waals surface area contributed by atoms with E-state index in [1.807, 2.05) is 31.2 Å². The lowest BCUT2D eigenvalue weighted by molar-refractivity contribution is -0.113. The zero-order chi connectivity index (χ0) is 12.8. The molecule has 18 heavy (non-hydrogen) atoms. The van der Waals surface area contributed by atoms with Crippen LogP contribution >= 0.6 is 0 Å². The summed E-state index contributed by atoms with van der Waals surface area (Å²) >= 11 is 0. The first kappa shape index (κ1) is 12.4. The summed E-state index contributed by atoms with van der Waals surface area (Å²) in [4.78, 5) is 0.864.